The largest absolute Gasteiger partial charge is 0.398 e. The number of hydrogen-bond donors (Lipinski definition) is 1. The lowest BCUT2D eigenvalue weighted by atomic mass is 9.99. The summed E-state index contributed by atoms with van der Waals surface area (Å²) in [5.41, 5.74) is 8.69. The first-order valence-electron chi connectivity index (χ1n) is 11.6. The van der Waals surface area contributed by atoms with Gasteiger partial charge in [-0.3, -0.25) is 0 Å². The second-order valence-electron chi connectivity index (χ2n) is 8.21. The highest BCUT2D eigenvalue weighted by Crippen LogP contribution is 2.26. The summed E-state index contributed by atoms with van der Waals surface area (Å²) in [7, 11) is 0. The number of unbranched alkanes of at least 4 members (excludes halogenated alkanes) is 13. The second kappa shape index (κ2) is 13.6. The fourth-order valence-corrected chi connectivity index (χ4v) is 4.07. The van der Waals surface area contributed by atoms with Gasteiger partial charge in [0, 0.05) is 11.1 Å². The molecule has 0 radical (unpaired) electrons. The van der Waals surface area contributed by atoms with Crippen LogP contribution >= 0.6 is 0 Å². The molecule has 27 heavy (non-hydrogen) atoms. The Balaban J connectivity index is 1.46. The smallest absolute Gasteiger partial charge is 0.0426 e. The SMILES string of the molecule is CCCCCCCCCCCCCCCCc1ccc2ccccc2c1N. The summed E-state index contributed by atoms with van der Waals surface area (Å²) in [6.07, 6.45) is 20.9. The van der Waals surface area contributed by atoms with Crippen molar-refractivity contribution < 1.29 is 0 Å². The first-order valence-corrected chi connectivity index (χ1v) is 11.6. The molecule has 2 rings (SSSR count). The predicted molar refractivity (Wildman–Crippen MR) is 122 cm³/mol. The van der Waals surface area contributed by atoms with E-state index in [1.807, 2.05) is 0 Å². The number of nitrogen functional groups attached to an aromatic ring is 1. The monoisotopic (exact) mass is 367 g/mol. The molecule has 0 unspecified atom stereocenters. The Hall–Kier alpha value is -1.50. The highest BCUT2D eigenvalue weighted by molar-refractivity contribution is 5.94. The summed E-state index contributed by atoms with van der Waals surface area (Å²) in [6, 6.07) is 12.9. The van der Waals surface area contributed by atoms with Gasteiger partial charge in [0.15, 0.2) is 0 Å². The van der Waals surface area contributed by atoms with Crippen molar-refractivity contribution in [2.24, 2.45) is 0 Å². The van der Waals surface area contributed by atoms with E-state index in [9.17, 15) is 0 Å². The zero-order chi connectivity index (χ0) is 19.2. The molecule has 150 valence electrons. The molecule has 2 aromatic carbocycles. The van der Waals surface area contributed by atoms with Gasteiger partial charge in [-0.15, -0.1) is 0 Å². The standard InChI is InChI=1S/C26H41N/c1-2-3-4-5-6-7-8-9-10-11-12-13-14-15-19-24-22-21-23-18-16-17-20-25(23)26(24)27/h16-18,20-22H,2-15,19,27H2,1H3. The van der Waals surface area contributed by atoms with Gasteiger partial charge in [0.05, 0.1) is 0 Å². The summed E-state index contributed by atoms with van der Waals surface area (Å²) < 4.78 is 0. The topological polar surface area (TPSA) is 26.0 Å². The van der Waals surface area contributed by atoms with E-state index < -0.39 is 0 Å². The van der Waals surface area contributed by atoms with Gasteiger partial charge in [-0.25, -0.2) is 0 Å². The number of hydrogen-bond acceptors (Lipinski definition) is 1. The lowest BCUT2D eigenvalue weighted by Crippen LogP contribution is -1.96. The molecule has 0 saturated heterocycles. The molecular weight excluding hydrogens is 326 g/mol. The minimum atomic E-state index is 0.989. The van der Waals surface area contributed by atoms with E-state index in [4.69, 9.17) is 5.73 Å². The van der Waals surface area contributed by atoms with Crippen molar-refractivity contribution in [3.63, 3.8) is 0 Å². The number of benzene rings is 2. The van der Waals surface area contributed by atoms with Crippen molar-refractivity contribution in [2.45, 2.75) is 103 Å². The van der Waals surface area contributed by atoms with Crippen LogP contribution in [-0.4, -0.2) is 0 Å². The maximum absolute atomic E-state index is 6.37. The molecule has 1 nitrogen and oxygen atoms in total. The van der Waals surface area contributed by atoms with Crippen LogP contribution in [0.2, 0.25) is 0 Å². The molecule has 2 N–H and O–H groups in total. The van der Waals surface area contributed by atoms with Gasteiger partial charge in [-0.05, 0) is 23.8 Å². The molecule has 2 aromatic rings. The molecule has 0 aliphatic carbocycles. The summed E-state index contributed by atoms with van der Waals surface area (Å²) in [5.74, 6) is 0. The van der Waals surface area contributed by atoms with Gasteiger partial charge in [0.2, 0.25) is 0 Å². The molecular formula is C26H41N. The summed E-state index contributed by atoms with van der Waals surface area (Å²) in [4.78, 5) is 0. The van der Waals surface area contributed by atoms with Crippen LogP contribution < -0.4 is 5.73 Å². The summed E-state index contributed by atoms with van der Waals surface area (Å²) in [5, 5.41) is 2.46. The van der Waals surface area contributed by atoms with Crippen LogP contribution in [-0.2, 0) is 6.42 Å². The van der Waals surface area contributed by atoms with Gasteiger partial charge >= 0.3 is 0 Å². The highest BCUT2D eigenvalue weighted by atomic mass is 14.6. The highest BCUT2D eigenvalue weighted by Gasteiger charge is 2.04. The van der Waals surface area contributed by atoms with E-state index in [2.05, 4.69) is 43.3 Å². The molecule has 1 heteroatoms. The van der Waals surface area contributed by atoms with Gasteiger partial charge in [-0.2, -0.15) is 0 Å². The molecule has 0 aromatic heterocycles. The quantitative estimate of drug-likeness (QED) is 0.248. The molecule has 0 saturated carbocycles. The third-order valence-corrected chi connectivity index (χ3v) is 5.86. The van der Waals surface area contributed by atoms with Crippen LogP contribution in [0.1, 0.15) is 102 Å². The van der Waals surface area contributed by atoms with Crippen LogP contribution in [0.15, 0.2) is 36.4 Å². The second-order valence-corrected chi connectivity index (χ2v) is 8.21. The van der Waals surface area contributed by atoms with Gasteiger partial charge in [0.1, 0.15) is 0 Å². The van der Waals surface area contributed by atoms with E-state index in [-0.39, 0.29) is 0 Å². The Kier molecular flexibility index (Phi) is 11.0. The van der Waals surface area contributed by atoms with E-state index in [1.54, 1.807) is 0 Å². The Morgan fingerprint density at radius 2 is 1.11 bits per heavy atom. The molecule has 0 aliphatic heterocycles. The van der Waals surface area contributed by atoms with Crippen molar-refractivity contribution in [2.75, 3.05) is 5.73 Å². The van der Waals surface area contributed by atoms with Crippen molar-refractivity contribution in [1.82, 2.24) is 0 Å². The lowest BCUT2D eigenvalue weighted by molar-refractivity contribution is 0.535. The average Bonchev–Trinajstić information content (AvgIpc) is 2.70. The van der Waals surface area contributed by atoms with E-state index in [0.29, 0.717) is 0 Å². The minimum Gasteiger partial charge on any atom is -0.398 e. The van der Waals surface area contributed by atoms with Crippen LogP contribution in [0.5, 0.6) is 0 Å². The Morgan fingerprint density at radius 1 is 0.593 bits per heavy atom. The third-order valence-electron chi connectivity index (χ3n) is 5.86. The van der Waals surface area contributed by atoms with E-state index >= 15 is 0 Å². The van der Waals surface area contributed by atoms with Crippen LogP contribution in [0.4, 0.5) is 5.69 Å². The predicted octanol–water partition coefficient (Wildman–Crippen LogP) is 8.45. The van der Waals surface area contributed by atoms with Crippen LogP contribution in [0, 0.1) is 0 Å². The average molecular weight is 368 g/mol. The molecule has 0 bridgehead atoms. The van der Waals surface area contributed by atoms with Gasteiger partial charge in [0.25, 0.3) is 0 Å². The number of nitrogens with two attached hydrogens (primary N) is 1. The molecule has 0 heterocycles. The third kappa shape index (κ3) is 8.37. The Bertz CT molecular complexity index is 631. The maximum Gasteiger partial charge on any atom is 0.0426 e. The van der Waals surface area contributed by atoms with Crippen LogP contribution in [0.3, 0.4) is 0 Å². The van der Waals surface area contributed by atoms with E-state index in [0.717, 1.165) is 12.1 Å². The fourth-order valence-electron chi connectivity index (χ4n) is 4.07. The normalized spacial score (nSPS) is 11.3. The Morgan fingerprint density at radius 3 is 1.70 bits per heavy atom. The lowest BCUT2D eigenvalue weighted by Gasteiger charge is -2.09. The zero-order valence-corrected chi connectivity index (χ0v) is 17.6. The molecule has 0 aliphatic rings. The van der Waals surface area contributed by atoms with Crippen molar-refractivity contribution >= 4 is 16.5 Å². The molecule has 0 fully saturated rings. The Labute approximate surface area is 167 Å². The maximum atomic E-state index is 6.37. The van der Waals surface area contributed by atoms with E-state index in [1.165, 1.54) is 106 Å². The first-order chi connectivity index (χ1) is 13.3. The molecule has 0 atom stereocenters. The number of fused-ring (bicyclic) bond motifs is 1. The number of aryl methyl sites for hydroxylation is 1. The molecule has 0 amide bonds. The zero-order valence-electron chi connectivity index (χ0n) is 17.6. The summed E-state index contributed by atoms with van der Waals surface area (Å²) >= 11 is 0. The van der Waals surface area contributed by atoms with Crippen molar-refractivity contribution in [3.05, 3.63) is 42.0 Å². The molecule has 0 spiro atoms. The van der Waals surface area contributed by atoms with Gasteiger partial charge < -0.3 is 5.73 Å². The minimum absolute atomic E-state index is 0.989. The van der Waals surface area contributed by atoms with Crippen LogP contribution in [0.25, 0.3) is 10.8 Å². The van der Waals surface area contributed by atoms with Gasteiger partial charge in [-0.1, -0.05) is 127 Å². The first kappa shape index (κ1) is 21.8. The number of anilines is 1. The number of rotatable bonds is 15. The summed E-state index contributed by atoms with van der Waals surface area (Å²) in [6.45, 7) is 2.29. The van der Waals surface area contributed by atoms with Crippen molar-refractivity contribution in [3.8, 4) is 0 Å². The fraction of sp³-hybridized carbons (Fsp3) is 0.615. The van der Waals surface area contributed by atoms with Crippen molar-refractivity contribution in [1.29, 1.82) is 0 Å².